The first kappa shape index (κ1) is 34.3. The van der Waals surface area contributed by atoms with Gasteiger partial charge in [-0.3, -0.25) is 0 Å². The van der Waals surface area contributed by atoms with Gasteiger partial charge in [0.15, 0.2) is 0 Å². The third-order valence-electron chi connectivity index (χ3n) is 7.54. The van der Waals surface area contributed by atoms with Crippen LogP contribution in [0.25, 0.3) is 0 Å². The van der Waals surface area contributed by atoms with Crippen LogP contribution < -0.4 is 25.7 Å². The average Bonchev–Trinajstić information content (AvgIpc) is 2.86. The van der Waals surface area contributed by atoms with E-state index in [1.54, 1.807) is 25.7 Å². The molecule has 0 bridgehead atoms. The molecule has 40 heavy (non-hydrogen) atoms. The summed E-state index contributed by atoms with van der Waals surface area (Å²) in [4.78, 5) is 0. The van der Waals surface area contributed by atoms with E-state index in [0.29, 0.717) is 34.0 Å². The molecule has 0 N–H and O–H groups in total. The topological polar surface area (TPSA) is 0 Å². The number of rotatable bonds is 12. The quantitative estimate of drug-likeness (QED) is 0.129. The fourth-order valence-corrected chi connectivity index (χ4v) is 31.2. The van der Waals surface area contributed by atoms with E-state index in [4.69, 9.17) is 0 Å². The fourth-order valence-electron chi connectivity index (χ4n) is 6.46. The Kier molecular flexibility index (Phi) is 13.3. The van der Waals surface area contributed by atoms with Crippen molar-refractivity contribution in [2.24, 2.45) is 0 Å². The molecule has 0 saturated heterocycles. The number of benzene rings is 3. The van der Waals surface area contributed by atoms with Gasteiger partial charge in [0.2, 0.25) is 0 Å². The second-order valence-corrected chi connectivity index (χ2v) is 30.9. The Bertz CT molecular complexity index is 1040. The zero-order valence-corrected chi connectivity index (χ0v) is 33.3. The van der Waals surface area contributed by atoms with Crippen LogP contribution in [-0.4, -0.2) is 55.7 Å². The summed E-state index contributed by atoms with van der Waals surface area (Å²) in [6, 6.07) is 29.3. The molecule has 3 aromatic rings. The molecule has 3 aromatic carbocycles. The molecule has 3 rings (SSSR count). The molecule has 0 radical (unpaired) electrons. The molecule has 0 aromatic heterocycles. The Morgan fingerprint density at radius 2 is 0.550 bits per heavy atom. The predicted octanol–water partition coefficient (Wildman–Crippen LogP) is 7.97. The van der Waals surface area contributed by atoms with Gasteiger partial charge in [0.1, 0.15) is 0 Å². The van der Waals surface area contributed by atoms with Crippen molar-refractivity contribution >= 4 is 71.2 Å². The number of hydrogen-bond donors (Lipinski definition) is 0. The van der Waals surface area contributed by atoms with Crippen molar-refractivity contribution in [1.82, 2.24) is 0 Å². The molecule has 0 fully saturated rings. The van der Waals surface area contributed by atoms with Crippen molar-refractivity contribution < 1.29 is 0 Å². The van der Waals surface area contributed by atoms with Gasteiger partial charge in [0, 0.05) is 0 Å². The van der Waals surface area contributed by atoms with Gasteiger partial charge in [-0.2, -0.15) is 0 Å². The molecule has 4 heteroatoms. The monoisotopic (exact) mass is 788 g/mol. The Labute approximate surface area is 259 Å². The van der Waals surface area contributed by atoms with Gasteiger partial charge >= 0.3 is 261 Å². The third kappa shape index (κ3) is 7.86. The maximum atomic E-state index is 2.57. The summed E-state index contributed by atoms with van der Waals surface area (Å²) in [7, 11) is -0.738. The van der Waals surface area contributed by atoms with Crippen LogP contribution in [0, 0.1) is 0 Å². The average molecular weight is 789 g/mol. The zero-order chi connectivity index (χ0) is 29.7. The maximum absolute atomic E-state index is 2.75. The normalized spacial score (nSPS) is 12.8. The molecular weight excluding hydrogens is 734 g/mol. The first-order valence-corrected chi connectivity index (χ1v) is 25.0. The van der Waals surface area contributed by atoms with Crippen LogP contribution >= 0.6 is 23.8 Å². The van der Waals surface area contributed by atoms with Gasteiger partial charge in [-0.15, -0.1) is 0 Å². The standard InChI is InChI=1S/3C12H18P.Bi/c3*1-10(2)13(11(3)4)12-8-6-5-7-9-12;/h3*5-8,10-11H,1-4H3;. The second-order valence-electron chi connectivity index (χ2n) is 12.6. The minimum atomic E-state index is -2.75. The zero-order valence-electron chi connectivity index (χ0n) is 27.2. The van der Waals surface area contributed by atoms with Gasteiger partial charge in [-0.1, -0.05) is 0 Å². The Morgan fingerprint density at radius 1 is 0.350 bits per heavy atom. The third-order valence-corrected chi connectivity index (χ3v) is 29.4. The summed E-state index contributed by atoms with van der Waals surface area (Å²) < 4.78 is 5.24. The van der Waals surface area contributed by atoms with Crippen LogP contribution in [0.5, 0.6) is 0 Å². The van der Waals surface area contributed by atoms with Gasteiger partial charge in [-0.25, -0.2) is 0 Å². The minimum absolute atomic E-state index is 0.246. The van der Waals surface area contributed by atoms with Crippen LogP contribution in [-0.2, 0) is 0 Å². The van der Waals surface area contributed by atoms with Crippen LogP contribution in [0.15, 0.2) is 72.8 Å². The van der Waals surface area contributed by atoms with E-state index < -0.39 is 21.8 Å². The van der Waals surface area contributed by atoms with E-state index in [1.165, 1.54) is 0 Å². The van der Waals surface area contributed by atoms with Crippen molar-refractivity contribution in [3.8, 4) is 0 Å². The summed E-state index contributed by atoms with van der Waals surface area (Å²) in [6.45, 7) is 29.5. The van der Waals surface area contributed by atoms with Gasteiger partial charge in [0.05, 0.1) is 0 Å². The van der Waals surface area contributed by atoms with Crippen LogP contribution in [0.1, 0.15) is 83.1 Å². The van der Waals surface area contributed by atoms with Crippen molar-refractivity contribution in [2.45, 2.75) is 117 Å². The Hall–Kier alpha value is -0.167. The van der Waals surface area contributed by atoms with Gasteiger partial charge in [0.25, 0.3) is 0 Å². The molecule has 0 saturated carbocycles. The Balaban J connectivity index is 2.48. The van der Waals surface area contributed by atoms with E-state index in [2.05, 4.69) is 156 Å². The van der Waals surface area contributed by atoms with Crippen LogP contribution in [0.4, 0.5) is 0 Å². The van der Waals surface area contributed by atoms with E-state index in [-0.39, 0.29) is 23.8 Å². The first-order chi connectivity index (χ1) is 18.9. The Morgan fingerprint density at radius 3 is 0.750 bits per heavy atom. The molecule has 0 spiro atoms. The first-order valence-electron chi connectivity index (χ1n) is 15.3. The molecule has 0 heterocycles. The fraction of sp³-hybridized carbons (Fsp3) is 0.500. The van der Waals surface area contributed by atoms with E-state index in [9.17, 15) is 0 Å². The van der Waals surface area contributed by atoms with E-state index in [0.717, 1.165) is 0 Å². The molecular formula is C36H54BiP3. The summed E-state index contributed by atoms with van der Waals surface area (Å²) in [5, 5.41) is 5.09. The van der Waals surface area contributed by atoms with Gasteiger partial charge in [-0.05, 0) is 0 Å². The predicted molar refractivity (Wildman–Crippen MR) is 194 cm³/mol. The number of hydrogen-bond acceptors (Lipinski definition) is 0. The summed E-state index contributed by atoms with van der Waals surface area (Å²) >= 11 is -2.75. The summed E-state index contributed by atoms with van der Waals surface area (Å²) in [5.41, 5.74) is 4.08. The molecule has 0 aliphatic rings. The van der Waals surface area contributed by atoms with Crippen LogP contribution in [0.2, 0.25) is 0 Å². The van der Waals surface area contributed by atoms with Crippen molar-refractivity contribution in [2.75, 3.05) is 0 Å². The van der Waals surface area contributed by atoms with E-state index in [1.807, 2.05) is 0 Å². The van der Waals surface area contributed by atoms with Crippen molar-refractivity contribution in [1.29, 1.82) is 0 Å². The molecule has 0 aliphatic heterocycles. The summed E-state index contributed by atoms with van der Waals surface area (Å²) in [5.74, 6) is 0. The molecule has 0 atom stereocenters. The SMILES string of the molecule is CC(C)P(c1cccc[c]1[Bi]([c]1ccccc1P(C(C)C)C(C)C)[c]1ccccc1P(C(C)C)C(C)C)C(C)C. The van der Waals surface area contributed by atoms with Crippen LogP contribution in [0.3, 0.4) is 0 Å². The van der Waals surface area contributed by atoms with Crippen molar-refractivity contribution in [3.05, 3.63) is 72.8 Å². The molecule has 0 unspecified atom stereocenters. The second kappa shape index (κ2) is 15.5. The summed E-state index contributed by atoms with van der Waals surface area (Å²) in [6.07, 6.45) is 0. The van der Waals surface area contributed by atoms with Crippen molar-refractivity contribution in [3.63, 3.8) is 0 Å². The molecule has 0 nitrogen and oxygen atoms in total. The van der Waals surface area contributed by atoms with Gasteiger partial charge < -0.3 is 0 Å². The molecule has 218 valence electrons. The van der Waals surface area contributed by atoms with E-state index >= 15 is 0 Å². The molecule has 0 aliphatic carbocycles. The molecule has 0 amide bonds.